The summed E-state index contributed by atoms with van der Waals surface area (Å²) >= 11 is 0. The Morgan fingerprint density at radius 3 is 2.65 bits per heavy atom. The molecule has 1 N–H and O–H groups in total. The van der Waals surface area contributed by atoms with Crippen LogP contribution in [0.4, 0.5) is 0 Å². The minimum atomic E-state index is -0.479. The molecular weight excluding hydrogens is 392 g/mol. The molecule has 0 aromatic heterocycles. The van der Waals surface area contributed by atoms with Gasteiger partial charge in [-0.3, -0.25) is 9.69 Å². The molecule has 0 saturated heterocycles. The molecule has 166 valence electrons. The highest BCUT2D eigenvalue weighted by molar-refractivity contribution is 5.94. The second kappa shape index (κ2) is 11.6. The second-order valence-corrected chi connectivity index (χ2v) is 7.99. The smallest absolute Gasteiger partial charge is 0.251 e. The first-order valence-electron chi connectivity index (χ1n) is 10.9. The molecule has 2 aromatic rings. The summed E-state index contributed by atoms with van der Waals surface area (Å²) in [6, 6.07) is 15.0. The molecule has 0 aliphatic carbocycles. The largest absolute Gasteiger partial charge is 0.492 e. The maximum Gasteiger partial charge on any atom is 0.251 e. The molecule has 3 rings (SSSR count). The maximum atomic E-state index is 12.5. The van der Waals surface area contributed by atoms with Gasteiger partial charge in [0.1, 0.15) is 18.4 Å². The van der Waals surface area contributed by atoms with Gasteiger partial charge in [-0.2, -0.15) is 4.91 Å². The van der Waals surface area contributed by atoms with E-state index in [0.717, 1.165) is 38.3 Å². The number of carbonyl (C=O) groups is 1. The summed E-state index contributed by atoms with van der Waals surface area (Å²) < 4.78 is 5.70. The number of fused-ring (bicyclic) bond motifs is 1. The molecular formula is C24H32N4O3. The number of carbonyl (C=O) groups excluding carboxylic acids is 1. The van der Waals surface area contributed by atoms with Crippen molar-refractivity contribution in [2.45, 2.75) is 25.9 Å². The standard InChI is InChI=1S/C24H32N4O3/c1-3-27(2)14-15-31-23-10-8-20(9-11-23)24(29)25-16-22(26-30)18-28-13-12-19-6-4-5-7-21(19)17-28/h4-11,22H,3,12-18H2,1-2H3,(H,25,29). The predicted molar refractivity (Wildman–Crippen MR) is 122 cm³/mol. The van der Waals surface area contributed by atoms with Gasteiger partial charge in [0.15, 0.2) is 0 Å². The van der Waals surface area contributed by atoms with Crippen LogP contribution < -0.4 is 10.1 Å². The molecule has 7 nitrogen and oxygen atoms in total. The van der Waals surface area contributed by atoms with Gasteiger partial charge >= 0.3 is 0 Å². The van der Waals surface area contributed by atoms with Crippen LogP contribution in [0.1, 0.15) is 28.4 Å². The van der Waals surface area contributed by atoms with Gasteiger partial charge in [0, 0.05) is 38.3 Å². The highest BCUT2D eigenvalue weighted by Crippen LogP contribution is 2.19. The average Bonchev–Trinajstić information content (AvgIpc) is 2.81. The Hall–Kier alpha value is -2.77. The van der Waals surface area contributed by atoms with Crippen molar-refractivity contribution in [1.29, 1.82) is 0 Å². The van der Waals surface area contributed by atoms with Gasteiger partial charge in [0.05, 0.1) is 0 Å². The second-order valence-electron chi connectivity index (χ2n) is 7.99. The third kappa shape index (κ3) is 6.87. The number of hydrogen-bond donors (Lipinski definition) is 1. The lowest BCUT2D eigenvalue weighted by molar-refractivity contribution is 0.0948. The highest BCUT2D eigenvalue weighted by atomic mass is 16.5. The van der Waals surface area contributed by atoms with Gasteiger partial charge in [-0.15, -0.1) is 0 Å². The normalized spacial score (nSPS) is 14.7. The summed E-state index contributed by atoms with van der Waals surface area (Å²) in [4.78, 5) is 28.2. The third-order valence-corrected chi connectivity index (χ3v) is 5.72. The van der Waals surface area contributed by atoms with Crippen LogP contribution in [0.25, 0.3) is 0 Å². The molecule has 1 aliphatic rings. The number of likely N-dealkylation sites (N-methyl/N-ethyl adjacent to an activating group) is 1. The quantitative estimate of drug-likeness (QED) is 0.562. The predicted octanol–water partition coefficient (Wildman–Crippen LogP) is 2.94. The van der Waals surface area contributed by atoms with Gasteiger partial charge in [-0.1, -0.05) is 36.4 Å². The summed E-state index contributed by atoms with van der Waals surface area (Å²) in [6.07, 6.45) is 0.970. The lowest BCUT2D eigenvalue weighted by Gasteiger charge is -2.30. The number of hydrogen-bond acceptors (Lipinski definition) is 6. The van der Waals surface area contributed by atoms with Crippen LogP contribution in [0.3, 0.4) is 0 Å². The molecule has 1 heterocycles. The van der Waals surface area contributed by atoms with E-state index in [1.807, 2.05) is 13.1 Å². The van der Waals surface area contributed by atoms with E-state index in [1.54, 1.807) is 24.3 Å². The summed E-state index contributed by atoms with van der Waals surface area (Å²) in [6.45, 7) is 7.00. The van der Waals surface area contributed by atoms with Gasteiger partial charge in [-0.25, -0.2) is 0 Å². The van der Waals surface area contributed by atoms with Crippen molar-refractivity contribution in [2.75, 3.05) is 46.4 Å². The zero-order chi connectivity index (χ0) is 22.1. The molecule has 1 aliphatic heterocycles. The minimum Gasteiger partial charge on any atom is -0.492 e. The zero-order valence-corrected chi connectivity index (χ0v) is 18.4. The van der Waals surface area contributed by atoms with Crippen LogP contribution in [-0.4, -0.2) is 68.1 Å². The first-order valence-corrected chi connectivity index (χ1v) is 10.9. The van der Waals surface area contributed by atoms with Crippen molar-refractivity contribution in [2.24, 2.45) is 5.18 Å². The van der Waals surface area contributed by atoms with Crippen LogP contribution >= 0.6 is 0 Å². The number of rotatable bonds is 11. The van der Waals surface area contributed by atoms with Crippen molar-refractivity contribution in [3.8, 4) is 5.75 Å². The van der Waals surface area contributed by atoms with Crippen LogP contribution in [0, 0.1) is 4.91 Å². The molecule has 1 amide bonds. The summed E-state index contributed by atoms with van der Waals surface area (Å²) in [5, 5.41) is 6.08. The Balaban J connectivity index is 1.44. The first kappa shape index (κ1) is 22.9. The summed E-state index contributed by atoms with van der Waals surface area (Å²) in [5.41, 5.74) is 3.20. The molecule has 0 radical (unpaired) electrons. The lowest BCUT2D eigenvalue weighted by Crippen LogP contribution is -2.41. The number of benzene rings is 2. The van der Waals surface area contributed by atoms with Gasteiger partial charge in [0.2, 0.25) is 0 Å². The van der Waals surface area contributed by atoms with E-state index < -0.39 is 6.04 Å². The van der Waals surface area contributed by atoms with E-state index in [2.05, 4.69) is 45.4 Å². The van der Waals surface area contributed by atoms with E-state index in [9.17, 15) is 9.70 Å². The third-order valence-electron chi connectivity index (χ3n) is 5.72. The molecule has 0 saturated carbocycles. The Labute approximate surface area is 184 Å². The Morgan fingerprint density at radius 2 is 1.94 bits per heavy atom. The lowest BCUT2D eigenvalue weighted by atomic mass is 9.99. The van der Waals surface area contributed by atoms with E-state index in [0.29, 0.717) is 18.7 Å². The van der Waals surface area contributed by atoms with Crippen LogP contribution in [0.15, 0.2) is 53.7 Å². The fourth-order valence-electron chi connectivity index (χ4n) is 3.64. The number of nitroso groups, excluding NO2 is 1. The monoisotopic (exact) mass is 424 g/mol. The van der Waals surface area contributed by atoms with E-state index >= 15 is 0 Å². The van der Waals surface area contributed by atoms with Crippen molar-refractivity contribution >= 4 is 5.91 Å². The number of nitrogens with zero attached hydrogens (tertiary/aromatic N) is 3. The van der Waals surface area contributed by atoms with Gasteiger partial charge in [-0.05, 0) is 55.4 Å². The highest BCUT2D eigenvalue weighted by Gasteiger charge is 2.20. The van der Waals surface area contributed by atoms with Gasteiger partial charge in [0.25, 0.3) is 5.91 Å². The Morgan fingerprint density at radius 1 is 1.19 bits per heavy atom. The number of nitrogens with one attached hydrogen (secondary N) is 1. The van der Waals surface area contributed by atoms with Crippen LogP contribution in [-0.2, 0) is 13.0 Å². The van der Waals surface area contributed by atoms with E-state index in [-0.39, 0.29) is 12.5 Å². The SMILES string of the molecule is CCN(C)CCOc1ccc(C(=O)NCC(CN2CCc3ccccc3C2)N=O)cc1. The number of amides is 1. The molecule has 7 heteroatoms. The van der Waals surface area contributed by atoms with Crippen molar-refractivity contribution in [3.05, 3.63) is 70.1 Å². The fourth-order valence-corrected chi connectivity index (χ4v) is 3.64. The van der Waals surface area contributed by atoms with Crippen molar-refractivity contribution in [1.82, 2.24) is 15.1 Å². The topological polar surface area (TPSA) is 74.2 Å². The van der Waals surface area contributed by atoms with Crippen LogP contribution in [0.2, 0.25) is 0 Å². The fraction of sp³-hybridized carbons (Fsp3) is 0.458. The van der Waals surface area contributed by atoms with E-state index in [1.165, 1.54) is 11.1 Å². The first-order chi connectivity index (χ1) is 15.1. The Kier molecular flexibility index (Phi) is 8.55. The summed E-state index contributed by atoms with van der Waals surface area (Å²) in [5.74, 6) is 0.522. The Bertz CT molecular complexity index is 856. The maximum absolute atomic E-state index is 12.5. The molecule has 2 aromatic carbocycles. The van der Waals surface area contributed by atoms with Crippen molar-refractivity contribution < 1.29 is 9.53 Å². The molecule has 1 unspecified atom stereocenters. The number of ether oxygens (including phenoxy) is 1. The average molecular weight is 425 g/mol. The molecule has 0 fully saturated rings. The summed E-state index contributed by atoms with van der Waals surface area (Å²) in [7, 11) is 2.04. The van der Waals surface area contributed by atoms with E-state index in [4.69, 9.17) is 4.74 Å². The molecule has 0 bridgehead atoms. The zero-order valence-electron chi connectivity index (χ0n) is 18.4. The minimum absolute atomic E-state index is 0.213. The van der Waals surface area contributed by atoms with Crippen molar-refractivity contribution in [3.63, 3.8) is 0 Å². The molecule has 1 atom stereocenters. The van der Waals surface area contributed by atoms with Crippen LogP contribution in [0.5, 0.6) is 5.75 Å². The van der Waals surface area contributed by atoms with Gasteiger partial charge < -0.3 is 15.0 Å². The molecule has 31 heavy (non-hydrogen) atoms. The molecule has 0 spiro atoms.